The highest BCUT2D eigenvalue weighted by Crippen LogP contribution is 2.14. The van der Waals surface area contributed by atoms with Gasteiger partial charge in [0.05, 0.1) is 0 Å². The fourth-order valence-electron chi connectivity index (χ4n) is 1.64. The smallest absolute Gasteiger partial charge is 0.407 e. The van der Waals surface area contributed by atoms with Gasteiger partial charge in [-0.3, -0.25) is 0 Å². The van der Waals surface area contributed by atoms with Gasteiger partial charge in [0.25, 0.3) is 0 Å². The molecule has 0 saturated carbocycles. The van der Waals surface area contributed by atoms with Gasteiger partial charge < -0.3 is 15.4 Å². The SMILES string of the molecule is Cc1cc(CNC(=O)OC(C)(C)C)cnc1NC(C)C. The Morgan fingerprint density at radius 1 is 1.40 bits per heavy atom. The van der Waals surface area contributed by atoms with Crippen molar-refractivity contribution >= 4 is 11.9 Å². The Hall–Kier alpha value is -1.78. The van der Waals surface area contributed by atoms with Crippen molar-refractivity contribution in [1.29, 1.82) is 0 Å². The monoisotopic (exact) mass is 279 g/mol. The third-order valence-corrected chi connectivity index (χ3v) is 2.40. The fraction of sp³-hybridized carbons (Fsp3) is 0.600. The molecule has 0 radical (unpaired) electrons. The second-order valence-corrected chi connectivity index (χ2v) is 6.16. The van der Waals surface area contributed by atoms with E-state index < -0.39 is 11.7 Å². The topological polar surface area (TPSA) is 63.2 Å². The van der Waals surface area contributed by atoms with E-state index in [1.165, 1.54) is 0 Å². The van der Waals surface area contributed by atoms with Crippen LogP contribution in [0.5, 0.6) is 0 Å². The molecule has 0 unspecified atom stereocenters. The molecule has 1 aromatic rings. The molecule has 0 aliphatic rings. The average Bonchev–Trinajstić information content (AvgIpc) is 2.27. The molecule has 112 valence electrons. The van der Waals surface area contributed by atoms with Crippen molar-refractivity contribution in [2.24, 2.45) is 0 Å². The Kier molecular flexibility index (Phi) is 5.36. The highest BCUT2D eigenvalue weighted by molar-refractivity contribution is 5.67. The summed E-state index contributed by atoms with van der Waals surface area (Å²) < 4.78 is 5.18. The second-order valence-electron chi connectivity index (χ2n) is 6.16. The van der Waals surface area contributed by atoms with Gasteiger partial charge in [-0.05, 0) is 58.7 Å². The first-order valence-electron chi connectivity index (χ1n) is 6.86. The van der Waals surface area contributed by atoms with E-state index in [4.69, 9.17) is 4.74 Å². The maximum Gasteiger partial charge on any atom is 0.407 e. The molecule has 1 rings (SSSR count). The summed E-state index contributed by atoms with van der Waals surface area (Å²) in [6.07, 6.45) is 1.34. The molecule has 0 bridgehead atoms. The molecular weight excluding hydrogens is 254 g/mol. The van der Waals surface area contributed by atoms with Crippen LogP contribution in [0.25, 0.3) is 0 Å². The molecule has 1 heterocycles. The standard InChI is InChI=1S/C15H25N3O2/c1-10(2)18-13-11(3)7-12(8-16-13)9-17-14(19)20-15(4,5)6/h7-8,10H,9H2,1-6H3,(H,16,18)(H,17,19). The molecule has 0 aromatic carbocycles. The number of amides is 1. The summed E-state index contributed by atoms with van der Waals surface area (Å²) in [6.45, 7) is 12.1. The molecular formula is C15H25N3O2. The van der Waals surface area contributed by atoms with Gasteiger partial charge in [0.15, 0.2) is 0 Å². The summed E-state index contributed by atoms with van der Waals surface area (Å²) in [5, 5.41) is 5.99. The van der Waals surface area contributed by atoms with E-state index in [9.17, 15) is 4.79 Å². The minimum absolute atomic E-state index is 0.340. The van der Waals surface area contributed by atoms with Gasteiger partial charge in [-0.15, -0.1) is 0 Å². The van der Waals surface area contributed by atoms with E-state index in [2.05, 4.69) is 29.5 Å². The number of nitrogens with one attached hydrogen (secondary N) is 2. The summed E-state index contributed by atoms with van der Waals surface area (Å²) in [5.41, 5.74) is 1.52. The van der Waals surface area contributed by atoms with E-state index in [0.29, 0.717) is 12.6 Å². The van der Waals surface area contributed by atoms with Crippen LogP contribution >= 0.6 is 0 Å². The molecule has 5 heteroatoms. The average molecular weight is 279 g/mol. The number of hydrogen-bond acceptors (Lipinski definition) is 4. The van der Waals surface area contributed by atoms with E-state index in [-0.39, 0.29) is 0 Å². The van der Waals surface area contributed by atoms with Crippen molar-refractivity contribution in [2.45, 2.75) is 59.7 Å². The van der Waals surface area contributed by atoms with Gasteiger partial charge in [0.2, 0.25) is 0 Å². The lowest BCUT2D eigenvalue weighted by Gasteiger charge is -2.19. The molecule has 0 spiro atoms. The van der Waals surface area contributed by atoms with Crippen LogP contribution < -0.4 is 10.6 Å². The van der Waals surface area contributed by atoms with Gasteiger partial charge in [-0.1, -0.05) is 0 Å². The second kappa shape index (κ2) is 6.59. The highest BCUT2D eigenvalue weighted by Gasteiger charge is 2.15. The quantitative estimate of drug-likeness (QED) is 0.888. The maximum absolute atomic E-state index is 11.6. The van der Waals surface area contributed by atoms with Crippen molar-refractivity contribution in [3.63, 3.8) is 0 Å². The molecule has 20 heavy (non-hydrogen) atoms. The molecule has 0 aliphatic carbocycles. The highest BCUT2D eigenvalue weighted by atomic mass is 16.6. The van der Waals surface area contributed by atoms with Crippen molar-refractivity contribution in [3.05, 3.63) is 23.4 Å². The third kappa shape index (κ3) is 5.91. The van der Waals surface area contributed by atoms with E-state index in [0.717, 1.165) is 16.9 Å². The predicted molar refractivity (Wildman–Crippen MR) is 80.8 cm³/mol. The lowest BCUT2D eigenvalue weighted by molar-refractivity contribution is 0.0523. The first-order chi connectivity index (χ1) is 9.17. The normalized spacial score (nSPS) is 11.3. The van der Waals surface area contributed by atoms with Crippen LogP contribution in [0.4, 0.5) is 10.6 Å². The number of carbonyl (C=O) groups is 1. The van der Waals surface area contributed by atoms with E-state index >= 15 is 0 Å². The number of nitrogens with zero attached hydrogens (tertiary/aromatic N) is 1. The molecule has 0 aliphatic heterocycles. The number of aromatic nitrogens is 1. The molecule has 1 aromatic heterocycles. The van der Waals surface area contributed by atoms with Crippen LogP contribution in [0.2, 0.25) is 0 Å². The van der Waals surface area contributed by atoms with Crippen molar-refractivity contribution in [3.8, 4) is 0 Å². The molecule has 0 fully saturated rings. The van der Waals surface area contributed by atoms with Crippen LogP contribution in [-0.2, 0) is 11.3 Å². The molecule has 2 N–H and O–H groups in total. The van der Waals surface area contributed by atoms with Gasteiger partial charge in [0, 0.05) is 18.8 Å². The molecule has 0 atom stereocenters. The molecule has 5 nitrogen and oxygen atoms in total. The van der Waals surface area contributed by atoms with Crippen LogP contribution in [0.1, 0.15) is 45.7 Å². The summed E-state index contributed by atoms with van der Waals surface area (Å²) in [4.78, 5) is 15.9. The van der Waals surface area contributed by atoms with Crippen LogP contribution in [-0.4, -0.2) is 22.7 Å². The predicted octanol–water partition coefficient (Wildman–Crippen LogP) is 3.24. The number of carbonyl (C=O) groups excluding carboxylic acids is 1. The number of pyridine rings is 1. The number of aryl methyl sites for hydroxylation is 1. The van der Waals surface area contributed by atoms with Gasteiger partial charge in [0.1, 0.15) is 11.4 Å². The number of alkyl carbamates (subject to hydrolysis) is 1. The largest absolute Gasteiger partial charge is 0.444 e. The van der Waals surface area contributed by atoms with Crippen molar-refractivity contribution in [2.75, 3.05) is 5.32 Å². The fourth-order valence-corrected chi connectivity index (χ4v) is 1.64. The lowest BCUT2D eigenvalue weighted by atomic mass is 10.2. The number of anilines is 1. The Labute approximate surface area is 121 Å². The van der Waals surface area contributed by atoms with Crippen molar-refractivity contribution in [1.82, 2.24) is 10.3 Å². The van der Waals surface area contributed by atoms with E-state index in [1.54, 1.807) is 6.20 Å². The Bertz CT molecular complexity index is 465. The molecule has 0 saturated heterocycles. The van der Waals surface area contributed by atoms with Gasteiger partial charge in [-0.25, -0.2) is 9.78 Å². The van der Waals surface area contributed by atoms with Gasteiger partial charge >= 0.3 is 6.09 Å². The maximum atomic E-state index is 11.6. The zero-order valence-electron chi connectivity index (χ0n) is 13.2. The minimum Gasteiger partial charge on any atom is -0.444 e. The zero-order valence-corrected chi connectivity index (χ0v) is 13.2. The first kappa shape index (κ1) is 16.3. The first-order valence-corrected chi connectivity index (χ1v) is 6.86. The number of hydrogen-bond donors (Lipinski definition) is 2. The van der Waals surface area contributed by atoms with Gasteiger partial charge in [-0.2, -0.15) is 0 Å². The zero-order chi connectivity index (χ0) is 15.3. The molecule has 1 amide bonds. The number of ether oxygens (including phenoxy) is 1. The Balaban J connectivity index is 2.57. The summed E-state index contributed by atoms with van der Waals surface area (Å²) in [7, 11) is 0. The third-order valence-electron chi connectivity index (χ3n) is 2.40. The number of rotatable bonds is 4. The summed E-state index contributed by atoms with van der Waals surface area (Å²) in [6, 6.07) is 2.35. The minimum atomic E-state index is -0.483. The Morgan fingerprint density at radius 3 is 2.55 bits per heavy atom. The lowest BCUT2D eigenvalue weighted by Crippen LogP contribution is -2.32. The van der Waals surface area contributed by atoms with Crippen LogP contribution in [0.15, 0.2) is 12.3 Å². The van der Waals surface area contributed by atoms with E-state index in [1.807, 2.05) is 33.8 Å². The summed E-state index contributed by atoms with van der Waals surface area (Å²) in [5.74, 6) is 0.876. The Morgan fingerprint density at radius 2 is 2.05 bits per heavy atom. The summed E-state index contributed by atoms with van der Waals surface area (Å²) >= 11 is 0. The van der Waals surface area contributed by atoms with Crippen LogP contribution in [0.3, 0.4) is 0 Å². The van der Waals surface area contributed by atoms with Crippen molar-refractivity contribution < 1.29 is 9.53 Å². The van der Waals surface area contributed by atoms with Crippen LogP contribution in [0, 0.1) is 6.92 Å².